The molecular weight excluding hydrogens is 274 g/mol. The monoisotopic (exact) mass is 291 g/mol. The van der Waals surface area contributed by atoms with E-state index in [0.29, 0.717) is 18.8 Å². The van der Waals surface area contributed by atoms with Gasteiger partial charge in [-0.2, -0.15) is 16.4 Å². The van der Waals surface area contributed by atoms with Crippen molar-refractivity contribution in [1.29, 1.82) is 0 Å². The van der Waals surface area contributed by atoms with E-state index >= 15 is 0 Å². The number of carbonyl (C=O) groups is 2. The Kier molecular flexibility index (Phi) is 3.33. The van der Waals surface area contributed by atoms with E-state index in [0.717, 1.165) is 23.4 Å². The number of hydrazone groups is 1. The van der Waals surface area contributed by atoms with Crippen LogP contribution < -0.4 is 5.32 Å². The molecule has 106 valence electrons. The second kappa shape index (κ2) is 5.01. The molecule has 1 aliphatic heterocycles. The summed E-state index contributed by atoms with van der Waals surface area (Å²) < 4.78 is 0. The highest BCUT2D eigenvalue weighted by Crippen LogP contribution is 2.36. The molecule has 2 fully saturated rings. The van der Waals surface area contributed by atoms with Gasteiger partial charge in [0.15, 0.2) is 0 Å². The number of hydrogen-bond acceptors (Lipinski definition) is 4. The molecular formula is C14H17N3O2S. The summed E-state index contributed by atoms with van der Waals surface area (Å²) in [4.78, 5) is 24.5. The number of urea groups is 1. The third-order valence-corrected chi connectivity index (χ3v) is 4.84. The fraction of sp³-hybridized carbons (Fsp3) is 0.500. The van der Waals surface area contributed by atoms with Crippen LogP contribution in [0.3, 0.4) is 0 Å². The maximum absolute atomic E-state index is 12.5. The molecule has 0 unspecified atom stereocenters. The van der Waals surface area contributed by atoms with Gasteiger partial charge in [-0.05, 0) is 48.4 Å². The zero-order valence-electron chi connectivity index (χ0n) is 11.3. The van der Waals surface area contributed by atoms with Crippen molar-refractivity contribution in [2.75, 3.05) is 0 Å². The van der Waals surface area contributed by atoms with Crippen molar-refractivity contribution in [3.05, 3.63) is 22.4 Å². The van der Waals surface area contributed by atoms with E-state index in [4.69, 9.17) is 0 Å². The highest BCUT2D eigenvalue weighted by Gasteiger charge is 2.52. The summed E-state index contributed by atoms with van der Waals surface area (Å²) in [6.07, 6.45) is 4.91. The lowest BCUT2D eigenvalue weighted by molar-refractivity contribution is -0.132. The van der Waals surface area contributed by atoms with Crippen LogP contribution in [0.4, 0.5) is 4.79 Å². The molecule has 3 rings (SSSR count). The predicted octanol–water partition coefficient (Wildman–Crippen LogP) is 2.58. The Morgan fingerprint density at radius 2 is 2.20 bits per heavy atom. The van der Waals surface area contributed by atoms with Crippen LogP contribution >= 0.6 is 11.3 Å². The van der Waals surface area contributed by atoms with Gasteiger partial charge in [0.2, 0.25) is 0 Å². The Balaban J connectivity index is 1.77. The van der Waals surface area contributed by atoms with Gasteiger partial charge in [0.1, 0.15) is 5.54 Å². The first-order valence-electron chi connectivity index (χ1n) is 6.84. The Bertz CT molecular complexity index is 545. The number of thiophene rings is 1. The Morgan fingerprint density at radius 1 is 1.45 bits per heavy atom. The van der Waals surface area contributed by atoms with Gasteiger partial charge in [0, 0.05) is 5.56 Å². The number of amides is 3. The van der Waals surface area contributed by atoms with E-state index in [1.54, 1.807) is 17.6 Å². The van der Waals surface area contributed by atoms with Crippen LogP contribution in [-0.2, 0) is 4.79 Å². The van der Waals surface area contributed by atoms with E-state index in [1.165, 1.54) is 0 Å². The van der Waals surface area contributed by atoms with Crippen molar-refractivity contribution in [2.24, 2.45) is 11.0 Å². The fourth-order valence-corrected chi connectivity index (χ4v) is 3.39. The van der Waals surface area contributed by atoms with Crippen LogP contribution in [-0.4, -0.2) is 28.7 Å². The van der Waals surface area contributed by atoms with Gasteiger partial charge >= 0.3 is 6.03 Å². The number of nitrogens with zero attached hydrogens (tertiary/aromatic N) is 2. The molecule has 0 aromatic carbocycles. The molecule has 1 aromatic heterocycles. The number of hydrogen-bond donors (Lipinski definition) is 1. The molecule has 2 aliphatic rings. The second-order valence-electron chi connectivity index (χ2n) is 5.61. The van der Waals surface area contributed by atoms with E-state index in [-0.39, 0.29) is 5.91 Å². The Labute approximate surface area is 121 Å². The minimum atomic E-state index is -0.713. The summed E-state index contributed by atoms with van der Waals surface area (Å²) in [5.74, 6) is 0.412. The van der Waals surface area contributed by atoms with Gasteiger partial charge in [-0.3, -0.25) is 4.79 Å². The molecule has 5 nitrogen and oxygen atoms in total. The van der Waals surface area contributed by atoms with Gasteiger partial charge in [0.25, 0.3) is 5.91 Å². The van der Waals surface area contributed by atoms with Gasteiger partial charge in [-0.25, -0.2) is 4.79 Å². The maximum Gasteiger partial charge on any atom is 0.346 e. The Hall–Kier alpha value is -1.69. The average molecular weight is 291 g/mol. The topological polar surface area (TPSA) is 61.8 Å². The van der Waals surface area contributed by atoms with E-state index in [1.807, 2.05) is 16.8 Å². The average Bonchev–Trinajstić information content (AvgIpc) is 3.01. The van der Waals surface area contributed by atoms with Crippen molar-refractivity contribution in [1.82, 2.24) is 10.3 Å². The summed E-state index contributed by atoms with van der Waals surface area (Å²) in [5, 5.41) is 11.7. The van der Waals surface area contributed by atoms with Crippen LogP contribution in [0.15, 0.2) is 21.9 Å². The van der Waals surface area contributed by atoms with Gasteiger partial charge in [-0.15, -0.1) is 5.01 Å². The smallest absolute Gasteiger partial charge is 0.321 e. The highest BCUT2D eigenvalue weighted by molar-refractivity contribution is 7.08. The largest absolute Gasteiger partial charge is 0.346 e. The SMILES string of the molecule is CC1CCC2(CC1)NC(=O)N(/N=C\c1ccsc1)C2=O. The summed E-state index contributed by atoms with van der Waals surface area (Å²) >= 11 is 1.55. The molecule has 1 saturated heterocycles. The van der Waals surface area contributed by atoms with Crippen LogP contribution in [0.1, 0.15) is 38.2 Å². The zero-order chi connectivity index (χ0) is 14.2. The third-order valence-electron chi connectivity index (χ3n) is 4.13. The first-order chi connectivity index (χ1) is 9.61. The quantitative estimate of drug-likeness (QED) is 0.672. The lowest BCUT2D eigenvalue weighted by atomic mass is 9.77. The molecule has 1 N–H and O–H groups in total. The molecule has 20 heavy (non-hydrogen) atoms. The van der Waals surface area contributed by atoms with E-state index in [2.05, 4.69) is 17.3 Å². The first-order valence-corrected chi connectivity index (χ1v) is 7.78. The summed E-state index contributed by atoms with van der Waals surface area (Å²) in [6, 6.07) is 1.49. The van der Waals surface area contributed by atoms with E-state index in [9.17, 15) is 9.59 Å². The number of rotatable bonds is 2. The summed E-state index contributed by atoms with van der Waals surface area (Å²) in [5.41, 5.74) is 0.184. The number of carbonyl (C=O) groups excluding carboxylic acids is 2. The minimum absolute atomic E-state index is 0.208. The molecule has 0 bridgehead atoms. The van der Waals surface area contributed by atoms with Crippen molar-refractivity contribution < 1.29 is 9.59 Å². The second-order valence-corrected chi connectivity index (χ2v) is 6.39. The van der Waals surface area contributed by atoms with Gasteiger partial charge in [0.05, 0.1) is 6.21 Å². The lowest BCUT2D eigenvalue weighted by Crippen LogP contribution is -2.49. The van der Waals surface area contributed by atoms with Crippen molar-refractivity contribution >= 4 is 29.5 Å². The van der Waals surface area contributed by atoms with Crippen molar-refractivity contribution in [2.45, 2.75) is 38.1 Å². The number of nitrogens with one attached hydrogen (secondary N) is 1. The molecule has 0 radical (unpaired) electrons. The van der Waals surface area contributed by atoms with Gasteiger partial charge < -0.3 is 5.32 Å². The Morgan fingerprint density at radius 3 is 2.85 bits per heavy atom. The summed E-state index contributed by atoms with van der Waals surface area (Å²) in [6.45, 7) is 2.18. The molecule has 2 heterocycles. The van der Waals surface area contributed by atoms with Crippen LogP contribution in [0.5, 0.6) is 0 Å². The third kappa shape index (κ3) is 2.24. The van der Waals surface area contributed by atoms with Crippen LogP contribution in [0.25, 0.3) is 0 Å². The van der Waals surface area contributed by atoms with Gasteiger partial charge in [-0.1, -0.05) is 6.92 Å². The highest BCUT2D eigenvalue weighted by atomic mass is 32.1. The minimum Gasteiger partial charge on any atom is -0.321 e. The maximum atomic E-state index is 12.5. The van der Waals surface area contributed by atoms with Crippen LogP contribution in [0.2, 0.25) is 0 Å². The lowest BCUT2D eigenvalue weighted by Gasteiger charge is -2.33. The molecule has 1 spiro atoms. The zero-order valence-corrected chi connectivity index (χ0v) is 12.2. The number of imide groups is 1. The van der Waals surface area contributed by atoms with Crippen molar-refractivity contribution in [3.63, 3.8) is 0 Å². The molecule has 1 aliphatic carbocycles. The standard InChI is InChI=1S/C14H17N3O2S/c1-10-2-5-14(6-3-10)12(18)17(13(19)16-14)15-8-11-4-7-20-9-11/h4,7-10H,2-3,5-6H2,1H3,(H,16,19)/b15-8-. The molecule has 6 heteroatoms. The molecule has 0 atom stereocenters. The summed E-state index contributed by atoms with van der Waals surface area (Å²) in [7, 11) is 0. The fourth-order valence-electron chi connectivity index (χ4n) is 2.78. The predicted molar refractivity (Wildman–Crippen MR) is 77.7 cm³/mol. The van der Waals surface area contributed by atoms with Crippen molar-refractivity contribution in [3.8, 4) is 0 Å². The van der Waals surface area contributed by atoms with E-state index < -0.39 is 11.6 Å². The molecule has 3 amide bonds. The molecule has 1 aromatic rings. The normalized spacial score (nSPS) is 30.4. The first kappa shape index (κ1) is 13.3. The molecule has 1 saturated carbocycles. The van der Waals surface area contributed by atoms with Crippen LogP contribution in [0, 0.1) is 5.92 Å².